The first kappa shape index (κ1) is 25.0. The average molecular weight is 519 g/mol. The predicted molar refractivity (Wildman–Crippen MR) is 137 cm³/mol. The van der Waals surface area contributed by atoms with Crippen LogP contribution in [0.2, 0.25) is 0 Å². The van der Waals surface area contributed by atoms with Gasteiger partial charge in [0.25, 0.3) is 0 Å². The quantitative estimate of drug-likeness (QED) is 0.248. The monoisotopic (exact) mass is 518 g/mol. The van der Waals surface area contributed by atoms with E-state index in [0.717, 1.165) is 0 Å². The lowest BCUT2D eigenvalue weighted by atomic mass is 9.84. The molecule has 3 aromatic rings. The summed E-state index contributed by atoms with van der Waals surface area (Å²) >= 11 is 0. The van der Waals surface area contributed by atoms with Gasteiger partial charge in [0.1, 0.15) is 11.5 Å². The largest absolute Gasteiger partial charge is 0.493 e. The van der Waals surface area contributed by atoms with Gasteiger partial charge in [-0.25, -0.2) is 0 Å². The normalized spacial score (nSPS) is 16.8. The first-order valence-corrected chi connectivity index (χ1v) is 11.8. The fraction of sp³-hybridized carbons (Fsp3) is 0.241. The highest BCUT2D eigenvalue weighted by atomic mass is 16.5. The summed E-state index contributed by atoms with van der Waals surface area (Å²) in [5.41, 5.74) is 2.32. The van der Waals surface area contributed by atoms with Gasteiger partial charge in [-0.05, 0) is 42.0 Å². The summed E-state index contributed by atoms with van der Waals surface area (Å²) in [5.74, 6) is 1.96. The summed E-state index contributed by atoms with van der Waals surface area (Å²) in [4.78, 5) is 26.0. The highest BCUT2D eigenvalue weighted by Crippen LogP contribution is 2.53. The van der Waals surface area contributed by atoms with Crippen LogP contribution in [0.1, 0.15) is 39.4 Å². The van der Waals surface area contributed by atoms with Crippen molar-refractivity contribution in [2.75, 3.05) is 35.5 Å². The predicted octanol–water partition coefficient (Wildman–Crippen LogP) is 4.79. The van der Waals surface area contributed by atoms with E-state index in [9.17, 15) is 9.59 Å². The lowest BCUT2D eigenvalue weighted by molar-refractivity contribution is -0.135. The minimum absolute atomic E-state index is 0.0154. The third kappa shape index (κ3) is 4.06. The summed E-state index contributed by atoms with van der Waals surface area (Å²) in [7, 11) is 7.65. The van der Waals surface area contributed by atoms with Crippen LogP contribution in [0.25, 0.3) is 6.08 Å². The molecule has 0 N–H and O–H groups in total. The first-order valence-electron chi connectivity index (χ1n) is 11.8. The zero-order chi connectivity index (χ0) is 27.0. The maximum absolute atomic E-state index is 13.4. The number of fused-ring (bicyclic) bond motifs is 3. The molecule has 9 heteroatoms. The summed E-state index contributed by atoms with van der Waals surface area (Å²) in [6.45, 7) is 0. The lowest BCUT2D eigenvalue weighted by Gasteiger charge is -2.28. The van der Waals surface area contributed by atoms with Crippen LogP contribution in [0.5, 0.6) is 40.2 Å². The Bertz CT molecular complexity index is 1470. The molecule has 196 valence electrons. The van der Waals surface area contributed by atoms with Crippen LogP contribution >= 0.6 is 0 Å². The number of benzene rings is 3. The van der Waals surface area contributed by atoms with Crippen LogP contribution in [0.15, 0.2) is 48.2 Å². The van der Waals surface area contributed by atoms with Crippen LogP contribution in [-0.4, -0.2) is 47.3 Å². The number of methoxy groups -OCH3 is 5. The van der Waals surface area contributed by atoms with Crippen molar-refractivity contribution < 1.29 is 42.7 Å². The second-order valence-electron chi connectivity index (χ2n) is 8.56. The number of ketones is 1. The second-order valence-corrected chi connectivity index (χ2v) is 8.56. The number of rotatable bonds is 7. The number of allylic oxidation sites excluding steroid dienone is 1. The van der Waals surface area contributed by atoms with Gasteiger partial charge in [-0.3, -0.25) is 9.59 Å². The molecule has 0 aliphatic carbocycles. The molecule has 9 nitrogen and oxygen atoms in total. The van der Waals surface area contributed by atoms with E-state index in [4.69, 9.17) is 33.2 Å². The van der Waals surface area contributed by atoms with E-state index >= 15 is 0 Å². The molecule has 38 heavy (non-hydrogen) atoms. The molecule has 0 amide bonds. The Balaban J connectivity index is 1.62. The molecular weight excluding hydrogens is 492 g/mol. The van der Waals surface area contributed by atoms with E-state index in [2.05, 4.69) is 0 Å². The van der Waals surface area contributed by atoms with Gasteiger partial charge in [-0.1, -0.05) is 12.1 Å². The van der Waals surface area contributed by atoms with Crippen molar-refractivity contribution in [2.24, 2.45) is 0 Å². The Kier molecular flexibility index (Phi) is 6.59. The smallest absolute Gasteiger partial charge is 0.312 e. The Morgan fingerprint density at radius 2 is 1.47 bits per heavy atom. The third-order valence-electron chi connectivity index (χ3n) is 6.59. The highest BCUT2D eigenvalue weighted by Gasteiger charge is 2.40. The number of hydrogen-bond acceptors (Lipinski definition) is 9. The van der Waals surface area contributed by atoms with Gasteiger partial charge in [-0.2, -0.15) is 0 Å². The van der Waals surface area contributed by atoms with Crippen molar-refractivity contribution >= 4 is 17.8 Å². The zero-order valence-corrected chi connectivity index (χ0v) is 21.6. The number of ether oxygens (including phenoxy) is 7. The van der Waals surface area contributed by atoms with Crippen molar-refractivity contribution in [2.45, 2.75) is 12.3 Å². The molecule has 1 atom stereocenters. The van der Waals surface area contributed by atoms with E-state index in [-0.39, 0.29) is 18.0 Å². The Morgan fingerprint density at radius 3 is 2.16 bits per heavy atom. The first-order chi connectivity index (χ1) is 18.4. The van der Waals surface area contributed by atoms with Crippen molar-refractivity contribution in [1.29, 1.82) is 0 Å². The molecule has 0 fully saturated rings. The van der Waals surface area contributed by atoms with Crippen molar-refractivity contribution in [1.82, 2.24) is 0 Å². The summed E-state index contributed by atoms with van der Waals surface area (Å²) < 4.78 is 39.0. The van der Waals surface area contributed by atoms with Gasteiger partial charge in [-0.15, -0.1) is 0 Å². The Labute approximate surface area is 219 Å². The Hall–Kier alpha value is -4.66. The van der Waals surface area contributed by atoms with Crippen molar-refractivity contribution in [3.63, 3.8) is 0 Å². The molecule has 0 saturated carbocycles. The van der Waals surface area contributed by atoms with E-state index in [1.54, 1.807) is 49.6 Å². The maximum Gasteiger partial charge on any atom is 0.312 e. The fourth-order valence-corrected chi connectivity index (χ4v) is 4.86. The van der Waals surface area contributed by atoms with Crippen LogP contribution in [-0.2, 0) is 4.79 Å². The van der Waals surface area contributed by atoms with Gasteiger partial charge < -0.3 is 33.2 Å². The van der Waals surface area contributed by atoms with Gasteiger partial charge in [0.15, 0.2) is 28.8 Å². The van der Waals surface area contributed by atoms with Crippen LogP contribution < -0.4 is 33.2 Å². The summed E-state index contributed by atoms with van der Waals surface area (Å²) in [6, 6.07) is 12.1. The fourth-order valence-electron chi connectivity index (χ4n) is 4.86. The second kappa shape index (κ2) is 10.0. The molecule has 1 unspecified atom stereocenters. The number of carbonyl (C=O) groups is 2. The van der Waals surface area contributed by atoms with Crippen LogP contribution in [0.3, 0.4) is 0 Å². The molecule has 0 radical (unpaired) electrons. The minimum atomic E-state index is -0.524. The van der Waals surface area contributed by atoms with Crippen LogP contribution in [0.4, 0.5) is 0 Å². The number of Topliss-reactive ketones (excluding diaryl/α,β-unsaturated/α-hetero) is 1. The standard InChI is InChI=1S/C29H26O9/c1-32-19-9-6-15(12-22(19)34-3)13-23-26(31)17-8-10-20-25(27(17)38-23)18(14-24(30)37-20)16-7-11-21(33-2)29(36-5)28(16)35-4/h6-13,18H,14H2,1-5H3/b23-13-. The van der Waals surface area contributed by atoms with Gasteiger partial charge in [0.05, 0.1) is 47.5 Å². The van der Waals surface area contributed by atoms with Gasteiger partial charge >= 0.3 is 5.97 Å². The molecule has 0 saturated heterocycles. The number of hydrogen-bond donors (Lipinski definition) is 0. The number of carbonyl (C=O) groups excluding carboxylic acids is 2. The topological polar surface area (TPSA) is 98.8 Å². The van der Waals surface area contributed by atoms with E-state index in [1.807, 2.05) is 6.07 Å². The van der Waals surface area contributed by atoms with E-state index in [0.29, 0.717) is 62.5 Å². The van der Waals surface area contributed by atoms with Gasteiger partial charge in [0, 0.05) is 17.0 Å². The average Bonchev–Trinajstić information content (AvgIpc) is 3.25. The molecule has 0 aromatic heterocycles. The highest BCUT2D eigenvalue weighted by molar-refractivity contribution is 6.15. The van der Waals surface area contributed by atoms with E-state index < -0.39 is 11.9 Å². The Morgan fingerprint density at radius 1 is 0.763 bits per heavy atom. The van der Waals surface area contributed by atoms with Gasteiger partial charge in [0.2, 0.25) is 11.5 Å². The zero-order valence-electron chi connectivity index (χ0n) is 21.6. The summed E-state index contributed by atoms with van der Waals surface area (Å²) in [5, 5.41) is 0. The molecule has 5 rings (SSSR count). The van der Waals surface area contributed by atoms with E-state index in [1.165, 1.54) is 28.4 Å². The van der Waals surface area contributed by atoms with Crippen molar-refractivity contribution in [3.05, 3.63) is 70.5 Å². The summed E-state index contributed by atoms with van der Waals surface area (Å²) in [6.07, 6.45) is 1.65. The minimum Gasteiger partial charge on any atom is -0.493 e. The molecule has 0 bridgehead atoms. The molecule has 3 aromatic carbocycles. The third-order valence-corrected chi connectivity index (χ3v) is 6.59. The molecule has 2 heterocycles. The molecule has 2 aliphatic rings. The van der Waals surface area contributed by atoms with Crippen molar-refractivity contribution in [3.8, 4) is 40.2 Å². The maximum atomic E-state index is 13.4. The molecular formula is C29H26O9. The number of esters is 1. The van der Waals surface area contributed by atoms with Crippen LogP contribution in [0, 0.1) is 0 Å². The SMILES string of the molecule is COc1ccc(/C=C2\Oc3c(ccc4c3C(c3ccc(OC)c(OC)c3OC)CC(=O)O4)C2=O)cc1OC. The molecule has 2 aliphatic heterocycles. The molecule has 0 spiro atoms. The lowest BCUT2D eigenvalue weighted by Crippen LogP contribution is -2.22.